The van der Waals surface area contributed by atoms with Gasteiger partial charge in [-0.2, -0.15) is 0 Å². The van der Waals surface area contributed by atoms with Crippen molar-refractivity contribution in [1.82, 2.24) is 10.3 Å². The van der Waals surface area contributed by atoms with E-state index in [0.29, 0.717) is 18.1 Å². The molecule has 7 nitrogen and oxygen atoms in total. The summed E-state index contributed by atoms with van der Waals surface area (Å²) in [5.74, 6) is 2.83. The van der Waals surface area contributed by atoms with Gasteiger partial charge in [-0.25, -0.2) is 4.98 Å². The van der Waals surface area contributed by atoms with Crippen molar-refractivity contribution in [2.75, 3.05) is 29.0 Å². The molecule has 1 aliphatic heterocycles. The van der Waals surface area contributed by atoms with Gasteiger partial charge in [-0.1, -0.05) is 0 Å². The fourth-order valence-corrected chi connectivity index (χ4v) is 3.57. The first-order chi connectivity index (χ1) is 13.0. The number of rotatable bonds is 3. The van der Waals surface area contributed by atoms with Gasteiger partial charge < -0.3 is 21.3 Å². The lowest BCUT2D eigenvalue weighted by molar-refractivity contribution is -0.119. The molecule has 0 radical (unpaired) electrons. The zero-order valence-corrected chi connectivity index (χ0v) is 15.0. The first-order valence-electron chi connectivity index (χ1n) is 8.97. The summed E-state index contributed by atoms with van der Waals surface area (Å²) >= 11 is 0. The summed E-state index contributed by atoms with van der Waals surface area (Å²) in [6.07, 6.45) is 7.72. The highest BCUT2D eigenvalue weighted by atomic mass is 16.2. The Bertz CT molecular complexity index is 980. The van der Waals surface area contributed by atoms with Gasteiger partial charge in [0.05, 0.1) is 12.5 Å². The van der Waals surface area contributed by atoms with Crippen LogP contribution in [0.2, 0.25) is 0 Å². The number of pyridine rings is 1. The minimum Gasteiger partial charge on any atom is -0.398 e. The minimum absolute atomic E-state index is 0.00384. The maximum Gasteiger partial charge on any atom is 0.241 e. The van der Waals surface area contributed by atoms with Crippen molar-refractivity contribution in [2.45, 2.75) is 19.4 Å². The summed E-state index contributed by atoms with van der Waals surface area (Å²) < 4.78 is 0. The Balaban J connectivity index is 1.65. The highest BCUT2D eigenvalue weighted by Crippen LogP contribution is 2.38. The molecule has 1 aromatic heterocycles. The molecule has 7 heteroatoms. The second kappa shape index (κ2) is 6.56. The number of fused-ring (bicyclic) bond motifs is 1. The summed E-state index contributed by atoms with van der Waals surface area (Å²) in [6.45, 7) is 3.01. The van der Waals surface area contributed by atoms with E-state index in [1.54, 1.807) is 23.2 Å². The van der Waals surface area contributed by atoms with Gasteiger partial charge in [-0.15, -0.1) is 12.3 Å². The van der Waals surface area contributed by atoms with E-state index in [1.165, 1.54) is 0 Å². The van der Waals surface area contributed by atoms with Gasteiger partial charge in [-0.05, 0) is 36.9 Å². The molecular formula is C20H21N5O2. The van der Waals surface area contributed by atoms with Crippen molar-refractivity contribution in [2.24, 2.45) is 11.8 Å². The van der Waals surface area contributed by atoms with Gasteiger partial charge in [0.25, 0.3) is 0 Å². The van der Waals surface area contributed by atoms with Gasteiger partial charge in [-0.3, -0.25) is 9.59 Å². The molecule has 27 heavy (non-hydrogen) atoms. The fourth-order valence-electron chi connectivity index (χ4n) is 3.57. The zero-order chi connectivity index (χ0) is 19.1. The number of anilines is 3. The normalized spacial score (nSPS) is 24.5. The van der Waals surface area contributed by atoms with E-state index in [-0.39, 0.29) is 29.7 Å². The van der Waals surface area contributed by atoms with E-state index in [1.807, 2.05) is 13.0 Å². The van der Waals surface area contributed by atoms with Crippen molar-refractivity contribution in [3.8, 4) is 12.3 Å². The third-order valence-electron chi connectivity index (χ3n) is 5.15. The number of nitrogen functional groups attached to an aromatic ring is 1. The monoisotopic (exact) mass is 363 g/mol. The lowest BCUT2D eigenvalue weighted by Crippen LogP contribution is -2.53. The molecule has 4 rings (SSSR count). The molecule has 1 saturated heterocycles. The van der Waals surface area contributed by atoms with Crippen LogP contribution >= 0.6 is 0 Å². The number of hydrogen-bond donors (Lipinski definition) is 3. The minimum atomic E-state index is -0.136. The molecule has 0 spiro atoms. The summed E-state index contributed by atoms with van der Waals surface area (Å²) in [4.78, 5) is 30.6. The summed E-state index contributed by atoms with van der Waals surface area (Å²) in [5.41, 5.74) is 7.49. The molecule has 1 unspecified atom stereocenters. The first kappa shape index (κ1) is 17.3. The number of carbonyl (C=O) groups is 2. The van der Waals surface area contributed by atoms with E-state index in [2.05, 4.69) is 21.5 Å². The number of aromatic nitrogens is 1. The Labute approximate surface area is 157 Å². The number of nitrogens with one attached hydrogen (secondary N) is 2. The number of carbonyl (C=O) groups excluding carboxylic acids is 2. The van der Waals surface area contributed by atoms with Gasteiger partial charge >= 0.3 is 0 Å². The van der Waals surface area contributed by atoms with Crippen LogP contribution in [0, 0.1) is 24.2 Å². The third-order valence-corrected chi connectivity index (χ3v) is 5.15. The molecule has 1 aliphatic carbocycles. The van der Waals surface area contributed by atoms with Crippen molar-refractivity contribution in [1.29, 1.82) is 0 Å². The molecule has 1 aromatic carbocycles. The molecule has 2 aliphatic rings. The van der Waals surface area contributed by atoms with Crippen molar-refractivity contribution < 1.29 is 9.59 Å². The highest BCUT2D eigenvalue weighted by Gasteiger charge is 2.41. The molecule has 2 heterocycles. The highest BCUT2D eigenvalue weighted by molar-refractivity contribution is 6.03. The van der Waals surface area contributed by atoms with Crippen LogP contribution in [0.15, 0.2) is 24.4 Å². The van der Waals surface area contributed by atoms with Crippen molar-refractivity contribution in [3.63, 3.8) is 0 Å². The Morgan fingerprint density at radius 3 is 2.96 bits per heavy atom. The predicted octanol–water partition coefficient (Wildman–Crippen LogP) is 1.35. The maximum absolute atomic E-state index is 12.3. The molecule has 3 atom stereocenters. The standard InChI is InChI=1S/C20H21N5O2/c1-3-12-5-15(12)20(27)24-18-6-13-4-14(7-17(21)16(13)9-23-18)25-11(2)8-22-10-19(25)26/h1,4,6-7,9,11-12,15,22H,5,8,10,21H2,2H3,(H,23,24,27)/t11?,12-,15-/m0/s1. The average molecular weight is 363 g/mol. The van der Waals surface area contributed by atoms with Crippen LogP contribution in [0.3, 0.4) is 0 Å². The SMILES string of the molecule is C#C[C@H]1C[C@@H]1C(=O)Nc1cc2cc(N3C(=O)CNCC3C)cc(N)c2cn1. The largest absolute Gasteiger partial charge is 0.398 e. The van der Waals surface area contributed by atoms with Crippen molar-refractivity contribution >= 4 is 39.8 Å². The zero-order valence-electron chi connectivity index (χ0n) is 15.0. The van der Waals surface area contributed by atoms with E-state index in [0.717, 1.165) is 29.4 Å². The van der Waals surface area contributed by atoms with Gasteiger partial charge in [0.2, 0.25) is 11.8 Å². The lowest BCUT2D eigenvalue weighted by Gasteiger charge is -2.34. The Hall–Kier alpha value is -3.11. The third kappa shape index (κ3) is 3.20. The average Bonchev–Trinajstić information content (AvgIpc) is 3.41. The van der Waals surface area contributed by atoms with Crippen LogP contribution in [0.25, 0.3) is 10.8 Å². The van der Waals surface area contributed by atoms with E-state index < -0.39 is 0 Å². The Kier molecular flexibility index (Phi) is 4.21. The number of amides is 2. The molecule has 2 aromatic rings. The van der Waals surface area contributed by atoms with E-state index in [9.17, 15) is 9.59 Å². The first-order valence-corrected chi connectivity index (χ1v) is 8.97. The smallest absolute Gasteiger partial charge is 0.241 e. The second-order valence-electron chi connectivity index (χ2n) is 7.17. The molecular weight excluding hydrogens is 342 g/mol. The number of benzene rings is 1. The van der Waals surface area contributed by atoms with Gasteiger partial charge in [0.15, 0.2) is 0 Å². The predicted molar refractivity (Wildman–Crippen MR) is 105 cm³/mol. The Morgan fingerprint density at radius 2 is 2.26 bits per heavy atom. The second-order valence-corrected chi connectivity index (χ2v) is 7.17. The number of terminal acetylenes is 1. The van der Waals surface area contributed by atoms with Crippen LogP contribution in [0.1, 0.15) is 13.3 Å². The van der Waals surface area contributed by atoms with Gasteiger partial charge in [0, 0.05) is 41.5 Å². The summed E-state index contributed by atoms with van der Waals surface area (Å²) in [5, 5.41) is 7.51. The summed E-state index contributed by atoms with van der Waals surface area (Å²) in [7, 11) is 0. The van der Waals surface area contributed by atoms with Gasteiger partial charge in [0.1, 0.15) is 5.82 Å². The molecule has 138 valence electrons. The molecule has 2 fully saturated rings. The molecule has 2 amide bonds. The van der Waals surface area contributed by atoms with E-state index in [4.69, 9.17) is 12.2 Å². The topological polar surface area (TPSA) is 100 Å². The lowest BCUT2D eigenvalue weighted by atomic mass is 10.1. The fraction of sp³-hybridized carbons (Fsp3) is 0.350. The van der Waals surface area contributed by atoms with E-state index >= 15 is 0 Å². The van der Waals surface area contributed by atoms with Crippen molar-refractivity contribution in [3.05, 3.63) is 24.4 Å². The number of hydrogen-bond acceptors (Lipinski definition) is 5. The summed E-state index contributed by atoms with van der Waals surface area (Å²) in [6, 6.07) is 5.51. The van der Waals surface area contributed by atoms with Crippen LogP contribution in [0.5, 0.6) is 0 Å². The number of nitrogens with zero attached hydrogens (tertiary/aromatic N) is 2. The number of nitrogens with two attached hydrogens (primary N) is 1. The molecule has 1 saturated carbocycles. The maximum atomic E-state index is 12.3. The quantitative estimate of drug-likeness (QED) is 0.565. The number of piperazine rings is 1. The Morgan fingerprint density at radius 1 is 1.44 bits per heavy atom. The van der Waals surface area contributed by atoms with Crippen LogP contribution in [-0.4, -0.2) is 35.9 Å². The van der Waals surface area contributed by atoms with Crippen LogP contribution in [-0.2, 0) is 9.59 Å². The molecule has 4 N–H and O–H groups in total. The molecule has 0 bridgehead atoms. The van der Waals surface area contributed by atoms with Crippen LogP contribution in [0.4, 0.5) is 17.2 Å². The van der Waals surface area contributed by atoms with Crippen LogP contribution < -0.4 is 21.3 Å².